The number of fused-ring (bicyclic) bond motifs is 1. The number of amides is 1. The summed E-state index contributed by atoms with van der Waals surface area (Å²) in [6.07, 6.45) is 14.7. The highest BCUT2D eigenvalue weighted by Gasteiger charge is 2.36. The second-order valence-electron chi connectivity index (χ2n) is 11.6. The van der Waals surface area contributed by atoms with Gasteiger partial charge in [0.15, 0.2) is 0 Å². The van der Waals surface area contributed by atoms with Gasteiger partial charge in [0.05, 0.1) is 11.6 Å². The van der Waals surface area contributed by atoms with Gasteiger partial charge in [-0.1, -0.05) is 56.3 Å². The molecule has 1 amide bonds. The quantitative estimate of drug-likeness (QED) is 0.326. The molecule has 4 heterocycles. The van der Waals surface area contributed by atoms with Crippen molar-refractivity contribution in [3.05, 3.63) is 52.7 Å². The summed E-state index contributed by atoms with van der Waals surface area (Å²) in [4.78, 5) is 29.0. The summed E-state index contributed by atoms with van der Waals surface area (Å²) < 4.78 is 2.43. The van der Waals surface area contributed by atoms with E-state index < -0.39 is 0 Å². The molecule has 1 atom stereocenters. The molecule has 1 N–H and O–H groups in total. The number of anilines is 2. The summed E-state index contributed by atoms with van der Waals surface area (Å²) in [5.41, 5.74) is 4.15. The lowest BCUT2D eigenvalue weighted by Crippen LogP contribution is -2.35. The molecule has 0 radical (unpaired) electrons. The van der Waals surface area contributed by atoms with E-state index in [1.807, 2.05) is 19.9 Å². The average Bonchev–Trinajstić information content (AvgIpc) is 3.69. The van der Waals surface area contributed by atoms with Crippen LogP contribution in [0.15, 0.2) is 30.7 Å². The minimum absolute atomic E-state index is 0.0347. The molecular weight excluding hydrogens is 508 g/mol. The predicted octanol–water partition coefficient (Wildman–Crippen LogP) is 7.10. The van der Waals surface area contributed by atoms with Crippen molar-refractivity contribution in [2.75, 3.05) is 23.3 Å². The Hall–Kier alpha value is -2.93. The molecule has 1 unspecified atom stereocenters. The van der Waals surface area contributed by atoms with Crippen molar-refractivity contribution < 1.29 is 4.79 Å². The van der Waals surface area contributed by atoms with Gasteiger partial charge in [0, 0.05) is 47.9 Å². The minimum atomic E-state index is -0.170. The van der Waals surface area contributed by atoms with Crippen LogP contribution in [0, 0.1) is 12.8 Å². The van der Waals surface area contributed by atoms with E-state index in [-0.39, 0.29) is 11.8 Å². The van der Waals surface area contributed by atoms with E-state index in [1.54, 1.807) is 6.33 Å². The Bertz CT molecular complexity index is 1340. The lowest BCUT2D eigenvalue weighted by molar-refractivity contribution is -0.117. The Balaban J connectivity index is 1.21. The smallest absolute Gasteiger partial charge is 0.233 e. The van der Waals surface area contributed by atoms with Gasteiger partial charge >= 0.3 is 0 Å². The number of hydrogen-bond acceptors (Lipinski definition) is 5. The van der Waals surface area contributed by atoms with Crippen molar-refractivity contribution in [1.29, 1.82) is 0 Å². The monoisotopic (exact) mass is 546 g/mol. The number of benzene rings is 1. The van der Waals surface area contributed by atoms with Crippen molar-refractivity contribution in [1.82, 2.24) is 19.5 Å². The van der Waals surface area contributed by atoms with Gasteiger partial charge in [0.25, 0.3) is 0 Å². The number of halogens is 1. The highest BCUT2D eigenvalue weighted by atomic mass is 35.5. The Kier molecular flexibility index (Phi) is 7.61. The summed E-state index contributed by atoms with van der Waals surface area (Å²) in [7, 11) is 0. The molecule has 0 bridgehead atoms. The molecule has 1 saturated carbocycles. The van der Waals surface area contributed by atoms with Crippen LogP contribution in [0.1, 0.15) is 93.5 Å². The first kappa shape index (κ1) is 26.3. The Morgan fingerprint density at radius 2 is 1.90 bits per heavy atom. The van der Waals surface area contributed by atoms with Crippen LogP contribution < -0.4 is 10.2 Å². The highest BCUT2D eigenvalue weighted by molar-refractivity contribution is 6.31. The van der Waals surface area contributed by atoms with Gasteiger partial charge in [-0.15, -0.1) is 0 Å². The Morgan fingerprint density at radius 1 is 1.10 bits per heavy atom. The number of aryl methyl sites for hydroxylation is 2. The van der Waals surface area contributed by atoms with Crippen LogP contribution in [0.5, 0.6) is 0 Å². The highest BCUT2D eigenvalue weighted by Crippen LogP contribution is 2.41. The molecule has 2 fully saturated rings. The number of hydrogen-bond donors (Lipinski definition) is 1. The third kappa shape index (κ3) is 5.30. The van der Waals surface area contributed by atoms with Crippen LogP contribution in [0.2, 0.25) is 5.02 Å². The van der Waals surface area contributed by atoms with E-state index >= 15 is 0 Å². The largest absolute Gasteiger partial charge is 0.356 e. The van der Waals surface area contributed by atoms with Crippen molar-refractivity contribution in [2.45, 2.75) is 90.0 Å². The van der Waals surface area contributed by atoms with E-state index in [1.165, 1.54) is 44.3 Å². The van der Waals surface area contributed by atoms with Gasteiger partial charge in [0.1, 0.15) is 23.8 Å². The number of nitrogens with zero attached hydrogens (tertiary/aromatic N) is 5. The van der Waals surface area contributed by atoms with Crippen LogP contribution >= 0.6 is 11.6 Å². The minimum Gasteiger partial charge on any atom is -0.356 e. The predicted molar refractivity (Wildman–Crippen MR) is 156 cm³/mol. The summed E-state index contributed by atoms with van der Waals surface area (Å²) >= 11 is 6.48. The number of carbonyl (C=O) groups excluding carboxylic acids is 1. The molecule has 1 aliphatic carbocycles. The van der Waals surface area contributed by atoms with Gasteiger partial charge in [0.2, 0.25) is 5.91 Å². The fourth-order valence-electron chi connectivity index (χ4n) is 6.81. The van der Waals surface area contributed by atoms with E-state index in [4.69, 9.17) is 16.6 Å². The zero-order valence-electron chi connectivity index (χ0n) is 23.1. The lowest BCUT2D eigenvalue weighted by Gasteiger charge is -2.34. The maximum atomic E-state index is 12.5. The zero-order valence-corrected chi connectivity index (χ0v) is 23.9. The number of piperidine rings is 1. The SMILES string of the molecule is CCC1C(=O)Nc2ncnc(N3CCC(c4nc(-c5ccc(C)c(Cl)c5)cn4CCCC4CCCC4)CC3)c21. The molecule has 8 heteroatoms. The third-order valence-electron chi connectivity index (χ3n) is 9.10. The number of rotatable bonds is 8. The van der Waals surface area contributed by atoms with Crippen LogP contribution in [0.4, 0.5) is 11.6 Å². The van der Waals surface area contributed by atoms with Crippen LogP contribution in [0.3, 0.4) is 0 Å². The van der Waals surface area contributed by atoms with Gasteiger partial charge in [-0.05, 0) is 56.6 Å². The Labute approximate surface area is 236 Å². The van der Waals surface area contributed by atoms with E-state index in [0.29, 0.717) is 11.7 Å². The molecule has 2 aromatic heterocycles. The van der Waals surface area contributed by atoms with E-state index in [0.717, 1.165) is 78.0 Å². The molecule has 3 aromatic rings. The third-order valence-corrected chi connectivity index (χ3v) is 9.51. The molecule has 0 spiro atoms. The molecule has 206 valence electrons. The van der Waals surface area contributed by atoms with Crippen molar-refractivity contribution in [3.63, 3.8) is 0 Å². The molecule has 1 saturated heterocycles. The first-order chi connectivity index (χ1) is 19.0. The fourth-order valence-corrected chi connectivity index (χ4v) is 6.99. The van der Waals surface area contributed by atoms with Crippen LogP contribution in [0.25, 0.3) is 11.3 Å². The lowest BCUT2D eigenvalue weighted by atomic mass is 9.94. The maximum Gasteiger partial charge on any atom is 0.233 e. The first-order valence-corrected chi connectivity index (χ1v) is 15.1. The number of imidazole rings is 1. The van der Waals surface area contributed by atoms with Gasteiger partial charge in [-0.25, -0.2) is 15.0 Å². The molecule has 2 aliphatic heterocycles. The second-order valence-corrected chi connectivity index (χ2v) is 12.0. The molecule has 39 heavy (non-hydrogen) atoms. The first-order valence-electron chi connectivity index (χ1n) is 14.8. The normalized spacial score (nSPS) is 20.0. The van der Waals surface area contributed by atoms with Crippen LogP contribution in [-0.4, -0.2) is 38.5 Å². The van der Waals surface area contributed by atoms with Gasteiger partial charge in [-0.2, -0.15) is 0 Å². The van der Waals surface area contributed by atoms with Crippen molar-refractivity contribution >= 4 is 29.1 Å². The van der Waals surface area contributed by atoms with E-state index in [9.17, 15) is 4.79 Å². The molecule has 6 rings (SSSR count). The number of nitrogens with one attached hydrogen (secondary N) is 1. The van der Waals surface area contributed by atoms with E-state index in [2.05, 4.69) is 43.1 Å². The summed E-state index contributed by atoms with van der Waals surface area (Å²) in [5, 5.41) is 3.73. The molecule has 3 aliphatic rings. The second kappa shape index (κ2) is 11.3. The topological polar surface area (TPSA) is 75.9 Å². The van der Waals surface area contributed by atoms with Crippen molar-refractivity contribution in [3.8, 4) is 11.3 Å². The zero-order chi connectivity index (χ0) is 26.9. The average molecular weight is 547 g/mol. The van der Waals surface area contributed by atoms with Gasteiger partial charge < -0.3 is 14.8 Å². The van der Waals surface area contributed by atoms with Gasteiger partial charge in [-0.3, -0.25) is 4.79 Å². The molecule has 7 nitrogen and oxygen atoms in total. The fraction of sp³-hybridized carbons (Fsp3) is 0.548. The Morgan fingerprint density at radius 3 is 2.64 bits per heavy atom. The molecular formula is C31H39ClN6O. The standard InChI is InChI=1S/C31H39ClN6O/c1-3-24-27-28(36-31(24)39)33-19-34-30(27)37-15-12-22(13-16-37)29-35-26(23-11-10-20(2)25(32)17-23)18-38(29)14-6-9-21-7-4-5-8-21/h10-11,17-19,21-22,24H,3-9,12-16H2,1-2H3,(H,33,34,36,39). The summed E-state index contributed by atoms with van der Waals surface area (Å²) in [6, 6.07) is 6.26. The van der Waals surface area contributed by atoms with Crippen molar-refractivity contribution in [2.24, 2.45) is 5.92 Å². The summed E-state index contributed by atoms with van der Waals surface area (Å²) in [5.74, 6) is 3.95. The number of carbonyl (C=O) groups is 1. The maximum absolute atomic E-state index is 12.5. The van der Waals surface area contributed by atoms with Crippen LogP contribution in [-0.2, 0) is 11.3 Å². The molecule has 1 aromatic carbocycles. The number of aromatic nitrogens is 4. The summed E-state index contributed by atoms with van der Waals surface area (Å²) in [6.45, 7) is 6.88.